The van der Waals surface area contributed by atoms with Crippen molar-refractivity contribution in [3.8, 4) is 0 Å². The third-order valence-electron chi connectivity index (χ3n) is 4.96. The lowest BCUT2D eigenvalue weighted by molar-refractivity contribution is 0.254. The van der Waals surface area contributed by atoms with Crippen molar-refractivity contribution in [3.05, 3.63) is 0 Å². The van der Waals surface area contributed by atoms with Crippen molar-refractivity contribution in [1.82, 2.24) is 5.32 Å². The van der Waals surface area contributed by atoms with E-state index >= 15 is 0 Å². The molecular weight excluding hydrogens is 350 g/mol. The van der Waals surface area contributed by atoms with E-state index in [2.05, 4.69) is 53.8 Å². The molecule has 162 valence electrons. The van der Waals surface area contributed by atoms with E-state index in [0.717, 1.165) is 19.3 Å². The van der Waals surface area contributed by atoms with Crippen LogP contribution in [0.3, 0.4) is 0 Å². The van der Waals surface area contributed by atoms with Crippen LogP contribution in [0.1, 0.15) is 132 Å². The first-order valence-electron chi connectivity index (χ1n) is 11.6. The van der Waals surface area contributed by atoms with E-state index < -0.39 is 0 Å². The highest BCUT2D eigenvalue weighted by Crippen LogP contribution is 2.37. The summed E-state index contributed by atoms with van der Waals surface area (Å²) in [4.78, 5) is 12.7. The second-order valence-electron chi connectivity index (χ2n) is 10.1. The summed E-state index contributed by atoms with van der Waals surface area (Å²) in [6.07, 6.45) is 16.3. The zero-order chi connectivity index (χ0) is 20.8. The number of hydrogen-bond acceptors (Lipinski definition) is 2. The first-order chi connectivity index (χ1) is 12.6. The van der Waals surface area contributed by atoms with Crippen molar-refractivity contribution < 1.29 is 4.79 Å². The lowest BCUT2D eigenvalue weighted by atomic mass is 9.86. The number of nitrogens with one attached hydrogen (secondary N) is 1. The molecule has 0 aromatic rings. The summed E-state index contributed by atoms with van der Waals surface area (Å²) < 4.78 is -0.0187. The third kappa shape index (κ3) is 17.6. The number of hydrogen-bond donors (Lipinski definition) is 1. The summed E-state index contributed by atoms with van der Waals surface area (Å²) in [5.41, 5.74) is 0.245. The molecule has 0 saturated heterocycles. The Morgan fingerprint density at radius 1 is 0.778 bits per heavy atom. The van der Waals surface area contributed by atoms with Gasteiger partial charge in [-0.2, -0.15) is 0 Å². The fourth-order valence-corrected chi connectivity index (χ4v) is 5.27. The Balaban J connectivity index is 4.44. The molecular formula is C24H49NOS. The van der Waals surface area contributed by atoms with Gasteiger partial charge in [0, 0.05) is 10.8 Å². The highest BCUT2D eigenvalue weighted by atomic mass is 32.2. The lowest BCUT2D eigenvalue weighted by Gasteiger charge is -2.31. The molecule has 0 unspecified atom stereocenters. The average Bonchev–Trinajstić information content (AvgIpc) is 2.51. The zero-order valence-corrected chi connectivity index (χ0v) is 20.4. The van der Waals surface area contributed by atoms with E-state index in [1.165, 1.54) is 76.0 Å². The molecule has 27 heavy (non-hydrogen) atoms. The van der Waals surface area contributed by atoms with Crippen LogP contribution in [0.25, 0.3) is 0 Å². The molecule has 1 amide bonds. The van der Waals surface area contributed by atoms with Gasteiger partial charge in [0.2, 0.25) is 0 Å². The van der Waals surface area contributed by atoms with Gasteiger partial charge < -0.3 is 5.32 Å². The predicted octanol–water partition coefficient (Wildman–Crippen LogP) is 8.73. The second kappa shape index (κ2) is 14.8. The fraction of sp³-hybridized carbons (Fsp3) is 0.958. The van der Waals surface area contributed by atoms with E-state index in [-0.39, 0.29) is 15.4 Å². The molecule has 0 saturated carbocycles. The quantitative estimate of drug-likeness (QED) is 0.279. The minimum Gasteiger partial charge on any atom is -0.344 e. The molecule has 0 atom stereocenters. The molecule has 0 rings (SSSR count). The number of carbonyl (C=O) groups is 1. The third-order valence-corrected chi connectivity index (χ3v) is 5.96. The first-order valence-corrected chi connectivity index (χ1v) is 12.4. The predicted molar refractivity (Wildman–Crippen MR) is 125 cm³/mol. The highest BCUT2D eigenvalue weighted by molar-refractivity contribution is 8.14. The van der Waals surface area contributed by atoms with Gasteiger partial charge in [-0.05, 0) is 24.7 Å². The Hall–Kier alpha value is -0.180. The molecule has 0 aromatic heterocycles. The summed E-state index contributed by atoms with van der Waals surface area (Å²) in [6, 6.07) is 0.360. The van der Waals surface area contributed by atoms with Crippen molar-refractivity contribution in [3.63, 3.8) is 0 Å². The maximum Gasteiger partial charge on any atom is 0.279 e. The van der Waals surface area contributed by atoms with Gasteiger partial charge in [-0.3, -0.25) is 4.79 Å². The van der Waals surface area contributed by atoms with Gasteiger partial charge in [-0.25, -0.2) is 0 Å². The van der Waals surface area contributed by atoms with Crippen LogP contribution >= 0.6 is 11.8 Å². The van der Waals surface area contributed by atoms with Crippen LogP contribution in [-0.4, -0.2) is 16.0 Å². The Morgan fingerprint density at radius 3 is 1.63 bits per heavy atom. The van der Waals surface area contributed by atoms with Crippen LogP contribution < -0.4 is 5.32 Å². The maximum atomic E-state index is 12.7. The summed E-state index contributed by atoms with van der Waals surface area (Å²) in [5, 5.41) is 3.54. The molecule has 0 bridgehead atoms. The van der Waals surface area contributed by atoms with Crippen LogP contribution in [0, 0.1) is 5.41 Å². The average molecular weight is 400 g/mol. The highest BCUT2D eigenvalue weighted by Gasteiger charge is 2.29. The molecule has 0 aliphatic rings. The molecule has 0 spiro atoms. The van der Waals surface area contributed by atoms with E-state index in [4.69, 9.17) is 0 Å². The summed E-state index contributed by atoms with van der Waals surface area (Å²) in [6.45, 7) is 15.7. The van der Waals surface area contributed by atoms with E-state index in [9.17, 15) is 4.79 Å². The summed E-state index contributed by atoms with van der Waals surface area (Å²) >= 11 is 1.50. The molecule has 0 fully saturated rings. The Morgan fingerprint density at radius 2 is 1.22 bits per heavy atom. The zero-order valence-electron chi connectivity index (χ0n) is 19.6. The van der Waals surface area contributed by atoms with E-state index in [0.29, 0.717) is 6.04 Å². The van der Waals surface area contributed by atoms with Crippen molar-refractivity contribution in [1.29, 1.82) is 0 Å². The SMILES string of the molecule is CCCCCCCC(CCCCCCC)NC(=O)SC(C)(C)CC(C)(C)C. The monoisotopic (exact) mass is 399 g/mol. The van der Waals surface area contributed by atoms with Crippen molar-refractivity contribution in [2.75, 3.05) is 0 Å². The topological polar surface area (TPSA) is 29.1 Å². The Labute approximate surface area is 175 Å². The standard InChI is InChI=1S/C24H49NOS/c1-8-10-12-14-16-18-21(19-17-15-13-11-9-2)25-22(26)27-24(6,7)20-23(3,4)5/h21H,8-20H2,1-7H3,(H,25,26). The van der Waals surface area contributed by atoms with Gasteiger partial charge in [-0.1, -0.05) is 124 Å². The number of thioether (sulfide) groups is 1. The van der Waals surface area contributed by atoms with Gasteiger partial charge in [0.1, 0.15) is 0 Å². The summed E-state index contributed by atoms with van der Waals surface area (Å²) in [5.74, 6) is 0. The van der Waals surface area contributed by atoms with Crippen LogP contribution in [0.2, 0.25) is 0 Å². The molecule has 0 radical (unpaired) electrons. The largest absolute Gasteiger partial charge is 0.344 e. The molecule has 2 nitrogen and oxygen atoms in total. The number of unbranched alkanes of at least 4 members (excludes halogenated alkanes) is 8. The van der Waals surface area contributed by atoms with Crippen LogP contribution in [0.5, 0.6) is 0 Å². The van der Waals surface area contributed by atoms with Gasteiger partial charge in [0.25, 0.3) is 5.24 Å². The number of carbonyl (C=O) groups excluding carboxylic acids is 1. The molecule has 1 N–H and O–H groups in total. The van der Waals surface area contributed by atoms with Crippen molar-refractivity contribution in [2.24, 2.45) is 5.41 Å². The second-order valence-corrected chi connectivity index (χ2v) is 11.8. The van der Waals surface area contributed by atoms with E-state index in [1.54, 1.807) is 0 Å². The van der Waals surface area contributed by atoms with Crippen LogP contribution in [0.4, 0.5) is 4.79 Å². The minimum atomic E-state index is -0.0187. The molecule has 3 heteroatoms. The number of rotatable bonds is 15. The normalized spacial score (nSPS) is 12.6. The van der Waals surface area contributed by atoms with Crippen LogP contribution in [-0.2, 0) is 0 Å². The van der Waals surface area contributed by atoms with Crippen LogP contribution in [0.15, 0.2) is 0 Å². The van der Waals surface area contributed by atoms with E-state index in [1.807, 2.05) is 0 Å². The molecule has 0 heterocycles. The molecule has 0 aliphatic carbocycles. The summed E-state index contributed by atoms with van der Waals surface area (Å²) in [7, 11) is 0. The minimum absolute atomic E-state index is 0.0187. The Bertz CT molecular complexity index is 359. The fourth-order valence-electron chi connectivity index (χ4n) is 4.04. The smallest absolute Gasteiger partial charge is 0.279 e. The van der Waals surface area contributed by atoms with Gasteiger partial charge in [0.05, 0.1) is 0 Å². The first kappa shape index (κ1) is 26.8. The lowest BCUT2D eigenvalue weighted by Crippen LogP contribution is -2.35. The van der Waals surface area contributed by atoms with Crippen molar-refractivity contribution >= 4 is 17.0 Å². The van der Waals surface area contributed by atoms with Crippen molar-refractivity contribution in [2.45, 2.75) is 143 Å². The Kier molecular flexibility index (Phi) is 14.7. The number of amides is 1. The van der Waals surface area contributed by atoms with Gasteiger partial charge in [0.15, 0.2) is 0 Å². The molecule has 0 aromatic carbocycles. The maximum absolute atomic E-state index is 12.7. The van der Waals surface area contributed by atoms with Gasteiger partial charge >= 0.3 is 0 Å². The molecule has 0 aliphatic heterocycles. The van der Waals surface area contributed by atoms with Gasteiger partial charge in [-0.15, -0.1) is 0 Å².